The lowest BCUT2D eigenvalue weighted by atomic mass is 10.1. The molecule has 264 valence electrons. The first-order valence-electron chi connectivity index (χ1n) is 15.1. The summed E-state index contributed by atoms with van der Waals surface area (Å²) in [6.07, 6.45) is 0.110. The van der Waals surface area contributed by atoms with Crippen LogP contribution >= 0.6 is 58.0 Å². The minimum Gasteiger partial charge on any atom is -0.489 e. The van der Waals surface area contributed by atoms with Gasteiger partial charge in [-0.3, -0.25) is 4.79 Å². The molecule has 0 bridgehead atoms. The number of benzene rings is 4. The molecule has 0 spiro atoms. The minimum atomic E-state index is -0.439. The summed E-state index contributed by atoms with van der Waals surface area (Å²) in [6, 6.07) is 24.9. The number of amidine groups is 1. The van der Waals surface area contributed by atoms with Crippen LogP contribution in [0.4, 0.5) is 0 Å². The second-order valence-corrected chi connectivity index (χ2v) is 12.7. The van der Waals surface area contributed by atoms with Gasteiger partial charge in [0.2, 0.25) is 5.82 Å². The lowest BCUT2D eigenvalue weighted by Gasteiger charge is -2.11. The molecule has 0 atom stereocenters. The maximum atomic E-state index is 10.6. The van der Waals surface area contributed by atoms with Gasteiger partial charge >= 0.3 is 0 Å². The Hall–Kier alpha value is -3.99. The molecule has 0 radical (unpaired) electrons. The summed E-state index contributed by atoms with van der Waals surface area (Å²) in [7, 11) is 0. The highest BCUT2D eigenvalue weighted by atomic mass is 35.5. The Balaban J connectivity index is 0.000000222. The van der Waals surface area contributed by atoms with Crippen LogP contribution < -0.4 is 15.2 Å². The molecule has 50 heavy (non-hydrogen) atoms. The second kappa shape index (κ2) is 20.0. The average Bonchev–Trinajstić information content (AvgIpc) is 3.60. The van der Waals surface area contributed by atoms with Crippen molar-refractivity contribution in [1.29, 1.82) is 0 Å². The van der Waals surface area contributed by atoms with Gasteiger partial charge in [0.25, 0.3) is 11.1 Å². The quantitative estimate of drug-likeness (QED) is 0.0357. The molecule has 0 aliphatic carbocycles. The van der Waals surface area contributed by atoms with Gasteiger partial charge in [-0.2, -0.15) is 4.98 Å². The van der Waals surface area contributed by atoms with E-state index < -0.39 is 5.24 Å². The standard InChI is InChI=1S/C18H16Cl2N2O2.C10H13ClN2O2.C8H6Cl2O/c1-11(2)23-16-8-7-14(9-15(16)20)17-21-18(24-22-17)13-5-3-12(10-19)4-6-13;1-6(2)15-9-4-3-7(5-8(9)11)10(12)13-14;9-5-6-1-3-7(4-2-6)8(10)11/h3-9,11H,10H2,1-2H3;3-6,14H,1-2H3,(H2,12,13);1-4H,5H2. The number of aromatic nitrogens is 2. The molecular weight excluding hydrogens is 746 g/mol. The first kappa shape index (κ1) is 40.4. The van der Waals surface area contributed by atoms with Gasteiger partial charge in [0.1, 0.15) is 11.5 Å². The maximum absolute atomic E-state index is 10.6. The fraction of sp³-hybridized carbons (Fsp3) is 0.222. The number of nitrogens with zero attached hydrogens (tertiary/aromatic N) is 3. The van der Waals surface area contributed by atoms with E-state index in [1.54, 1.807) is 48.5 Å². The van der Waals surface area contributed by atoms with E-state index in [4.69, 9.17) is 82.9 Å². The Labute approximate surface area is 315 Å². The predicted octanol–water partition coefficient (Wildman–Crippen LogP) is 10.6. The molecule has 14 heteroatoms. The summed E-state index contributed by atoms with van der Waals surface area (Å²) in [6.45, 7) is 7.72. The smallest absolute Gasteiger partial charge is 0.258 e. The summed E-state index contributed by atoms with van der Waals surface area (Å²) in [5.41, 5.74) is 10.1. The number of carbonyl (C=O) groups excluding carboxylic acids is 1. The normalized spacial score (nSPS) is 11.0. The Bertz CT molecular complexity index is 1860. The number of carbonyl (C=O) groups is 1. The Morgan fingerprint density at radius 3 is 1.72 bits per heavy atom. The monoisotopic (exact) mass is 778 g/mol. The lowest BCUT2D eigenvalue weighted by Crippen LogP contribution is -2.13. The molecule has 0 aliphatic heterocycles. The van der Waals surface area contributed by atoms with Crippen LogP contribution in [-0.2, 0) is 11.8 Å². The highest BCUT2D eigenvalue weighted by Gasteiger charge is 2.13. The van der Waals surface area contributed by atoms with Crippen molar-refractivity contribution in [3.63, 3.8) is 0 Å². The molecule has 4 aromatic carbocycles. The van der Waals surface area contributed by atoms with E-state index in [0.29, 0.717) is 56.1 Å². The predicted molar refractivity (Wildman–Crippen MR) is 201 cm³/mol. The third kappa shape index (κ3) is 12.4. The van der Waals surface area contributed by atoms with E-state index in [1.165, 1.54) is 0 Å². The zero-order valence-corrected chi connectivity index (χ0v) is 31.3. The van der Waals surface area contributed by atoms with E-state index in [9.17, 15) is 4.79 Å². The largest absolute Gasteiger partial charge is 0.489 e. The van der Waals surface area contributed by atoms with Crippen molar-refractivity contribution in [1.82, 2.24) is 10.1 Å². The van der Waals surface area contributed by atoms with Crippen LogP contribution in [0.1, 0.15) is 54.7 Å². The van der Waals surface area contributed by atoms with Crippen LogP contribution in [0, 0.1) is 0 Å². The van der Waals surface area contributed by atoms with E-state index in [1.807, 2.05) is 64.1 Å². The van der Waals surface area contributed by atoms with Crippen LogP contribution in [-0.4, -0.2) is 38.6 Å². The number of halogens is 5. The second-order valence-electron chi connectivity index (χ2n) is 11.0. The zero-order valence-electron chi connectivity index (χ0n) is 27.5. The van der Waals surface area contributed by atoms with Crippen LogP contribution in [0.2, 0.25) is 10.0 Å². The Morgan fingerprint density at radius 1 is 0.780 bits per heavy atom. The highest BCUT2D eigenvalue weighted by Crippen LogP contribution is 2.31. The molecule has 3 N–H and O–H groups in total. The van der Waals surface area contributed by atoms with Crippen molar-refractivity contribution in [2.75, 3.05) is 0 Å². The average molecular weight is 781 g/mol. The highest BCUT2D eigenvalue weighted by molar-refractivity contribution is 6.67. The van der Waals surface area contributed by atoms with Gasteiger partial charge in [-0.1, -0.05) is 57.8 Å². The number of rotatable bonds is 10. The summed E-state index contributed by atoms with van der Waals surface area (Å²) in [4.78, 5) is 15.0. The summed E-state index contributed by atoms with van der Waals surface area (Å²) < 4.78 is 16.4. The molecule has 0 aliphatic rings. The van der Waals surface area contributed by atoms with Crippen LogP contribution in [0.3, 0.4) is 0 Å². The molecule has 1 heterocycles. The molecule has 0 fully saturated rings. The fourth-order valence-electron chi connectivity index (χ4n) is 3.98. The van der Waals surface area contributed by atoms with Gasteiger partial charge in [-0.15, -0.1) is 23.2 Å². The topological polar surface area (TPSA) is 133 Å². The van der Waals surface area contributed by atoms with Crippen molar-refractivity contribution in [2.24, 2.45) is 10.9 Å². The van der Waals surface area contributed by atoms with Crippen LogP contribution in [0.25, 0.3) is 22.8 Å². The number of ether oxygens (including phenoxy) is 2. The van der Waals surface area contributed by atoms with Gasteiger partial charge in [0, 0.05) is 34.0 Å². The molecule has 1 aromatic heterocycles. The number of hydrogen-bond acceptors (Lipinski definition) is 8. The lowest BCUT2D eigenvalue weighted by molar-refractivity contribution is 0.108. The third-order valence-electron chi connectivity index (χ3n) is 6.37. The van der Waals surface area contributed by atoms with Gasteiger partial charge < -0.3 is 24.9 Å². The summed E-state index contributed by atoms with van der Waals surface area (Å²) in [5, 5.41) is 15.9. The molecule has 5 aromatic rings. The number of hydrogen-bond donors (Lipinski definition) is 2. The first-order chi connectivity index (χ1) is 23.8. The van der Waals surface area contributed by atoms with E-state index in [0.717, 1.165) is 22.3 Å². The minimum absolute atomic E-state index is 0.0213. The number of alkyl halides is 2. The van der Waals surface area contributed by atoms with Gasteiger partial charge in [-0.25, -0.2) is 0 Å². The summed E-state index contributed by atoms with van der Waals surface area (Å²) >= 11 is 28.8. The first-order valence-corrected chi connectivity index (χ1v) is 17.3. The molecular formula is C36H35Cl5N4O5. The van der Waals surface area contributed by atoms with Gasteiger partial charge in [-0.05, 0) is 111 Å². The molecule has 0 saturated heterocycles. The molecule has 9 nitrogen and oxygen atoms in total. The molecule has 5 rings (SSSR count). The zero-order chi connectivity index (χ0) is 36.8. The van der Waals surface area contributed by atoms with Crippen molar-refractivity contribution >= 4 is 69.1 Å². The number of oxime groups is 1. The Kier molecular flexibility index (Phi) is 16.2. The molecule has 0 amide bonds. The van der Waals surface area contributed by atoms with Crippen molar-refractivity contribution in [3.05, 3.63) is 117 Å². The maximum Gasteiger partial charge on any atom is 0.258 e. The van der Waals surface area contributed by atoms with E-state index in [-0.39, 0.29) is 18.0 Å². The van der Waals surface area contributed by atoms with Gasteiger partial charge in [0.05, 0.1) is 22.3 Å². The SMILES string of the molecule is CC(C)Oc1ccc(-c2noc(-c3ccc(CCl)cc3)n2)cc1Cl.CC(C)Oc1ccc(/C(N)=N/O)cc1Cl.O=C(Cl)c1ccc(CCl)cc1. The van der Waals surface area contributed by atoms with Crippen molar-refractivity contribution in [3.8, 4) is 34.3 Å². The van der Waals surface area contributed by atoms with E-state index in [2.05, 4.69) is 15.3 Å². The fourth-order valence-corrected chi connectivity index (χ4v) is 4.91. The van der Waals surface area contributed by atoms with Crippen molar-refractivity contribution < 1.29 is 24.0 Å². The molecule has 0 saturated carbocycles. The summed E-state index contributed by atoms with van der Waals surface area (Å²) in [5.74, 6) is 3.09. The van der Waals surface area contributed by atoms with E-state index >= 15 is 0 Å². The molecule has 0 unspecified atom stereocenters. The van der Waals surface area contributed by atoms with Gasteiger partial charge in [0.15, 0.2) is 5.84 Å². The Morgan fingerprint density at radius 2 is 1.26 bits per heavy atom. The number of nitrogens with two attached hydrogens (primary N) is 1. The third-order valence-corrected chi connectivity index (χ3v) is 7.79. The van der Waals surface area contributed by atoms with Crippen LogP contribution in [0.15, 0.2) is 94.6 Å². The van der Waals surface area contributed by atoms with Crippen molar-refractivity contribution in [2.45, 2.75) is 51.7 Å². The van der Waals surface area contributed by atoms with Crippen LogP contribution in [0.5, 0.6) is 11.5 Å².